The van der Waals surface area contributed by atoms with Gasteiger partial charge in [-0.3, -0.25) is 4.79 Å². The third-order valence-corrected chi connectivity index (χ3v) is 5.52. The predicted molar refractivity (Wildman–Crippen MR) is 102 cm³/mol. The quantitative estimate of drug-likeness (QED) is 0.629. The first kappa shape index (κ1) is 17.6. The number of nitrogens with one attached hydrogen (secondary N) is 2. The molecule has 0 saturated heterocycles. The highest BCUT2D eigenvalue weighted by Gasteiger charge is 2.37. The van der Waals surface area contributed by atoms with Crippen molar-refractivity contribution < 1.29 is 9.21 Å². The molecule has 4 heterocycles. The number of nitrogens with zero attached hydrogens (tertiary/aromatic N) is 2. The second kappa shape index (κ2) is 6.75. The van der Waals surface area contributed by atoms with Crippen LogP contribution in [0.1, 0.15) is 23.1 Å². The number of hydrogen-bond acceptors (Lipinski definition) is 8. The van der Waals surface area contributed by atoms with Crippen LogP contribution in [-0.4, -0.2) is 34.7 Å². The van der Waals surface area contributed by atoms with Crippen molar-refractivity contribution in [3.63, 3.8) is 0 Å². The summed E-state index contributed by atoms with van der Waals surface area (Å²) in [6.45, 7) is 4.67. The maximum Gasteiger partial charge on any atom is 0.175 e. The zero-order valence-corrected chi connectivity index (χ0v) is 15.8. The molecule has 2 aromatic rings. The number of aromatic amines is 1. The number of aryl methyl sites for hydroxylation is 2. The summed E-state index contributed by atoms with van der Waals surface area (Å²) in [4.78, 5) is 24.6. The summed E-state index contributed by atoms with van der Waals surface area (Å²) in [7, 11) is 0. The fourth-order valence-corrected chi connectivity index (χ4v) is 4.12. The topological polar surface area (TPSA) is 135 Å². The van der Waals surface area contributed by atoms with E-state index in [-0.39, 0.29) is 12.3 Å². The summed E-state index contributed by atoms with van der Waals surface area (Å²) in [5.41, 5.74) is 15.7. The summed E-state index contributed by atoms with van der Waals surface area (Å²) in [5.74, 6) is 0.432. The summed E-state index contributed by atoms with van der Waals surface area (Å²) < 4.78 is 6.04. The Morgan fingerprint density at radius 3 is 2.85 bits per heavy atom. The van der Waals surface area contributed by atoms with Crippen LogP contribution < -0.4 is 16.8 Å². The first-order valence-corrected chi connectivity index (χ1v) is 9.33. The number of nitrogens with two attached hydrogens (primary N) is 2. The molecule has 0 bridgehead atoms. The van der Waals surface area contributed by atoms with Crippen molar-refractivity contribution in [2.45, 2.75) is 30.0 Å². The number of H-pyrrole nitrogens is 1. The summed E-state index contributed by atoms with van der Waals surface area (Å²) in [6, 6.07) is 3.70. The Morgan fingerprint density at radius 2 is 2.15 bits per heavy atom. The van der Waals surface area contributed by atoms with Crippen LogP contribution in [-0.2, 0) is 4.79 Å². The van der Waals surface area contributed by atoms with Crippen LogP contribution in [0.25, 0.3) is 0 Å². The minimum absolute atomic E-state index is 0.0280. The number of aromatic nitrogens is 2. The highest BCUT2D eigenvalue weighted by atomic mass is 32.2. The minimum Gasteiger partial charge on any atom is -0.453 e. The average molecular weight is 384 g/mol. The summed E-state index contributed by atoms with van der Waals surface area (Å²) in [6.07, 6.45) is 1.40. The van der Waals surface area contributed by atoms with E-state index in [4.69, 9.17) is 15.9 Å². The molecule has 0 fully saturated rings. The van der Waals surface area contributed by atoms with Crippen molar-refractivity contribution in [3.05, 3.63) is 52.3 Å². The number of ketones is 1. The van der Waals surface area contributed by atoms with Gasteiger partial charge in [0.15, 0.2) is 16.0 Å². The molecule has 9 heteroatoms. The fraction of sp³-hybridized carbons (Fsp3) is 0.278. The Morgan fingerprint density at radius 1 is 1.33 bits per heavy atom. The zero-order chi connectivity index (χ0) is 19.1. The van der Waals surface area contributed by atoms with Crippen molar-refractivity contribution in [2.24, 2.45) is 16.5 Å². The zero-order valence-electron chi connectivity index (χ0n) is 15.0. The summed E-state index contributed by atoms with van der Waals surface area (Å²) in [5, 5.41) is 4.46. The molecule has 0 spiro atoms. The lowest BCUT2D eigenvalue weighted by Gasteiger charge is -2.29. The maximum atomic E-state index is 12.6. The van der Waals surface area contributed by atoms with E-state index in [0.29, 0.717) is 40.1 Å². The highest BCUT2D eigenvalue weighted by Crippen LogP contribution is 2.40. The lowest BCUT2D eigenvalue weighted by atomic mass is 9.81. The second-order valence-electron chi connectivity index (χ2n) is 6.45. The molecule has 0 saturated carbocycles. The number of imidazole rings is 1. The number of Topliss-reactive ketones (excluding diaryl/α,β-unsaturated/α-hetero) is 1. The Bertz CT molecular complexity index is 993. The molecule has 0 radical (unpaired) electrons. The number of carbonyl (C=O) groups is 1. The summed E-state index contributed by atoms with van der Waals surface area (Å²) >= 11 is 1.39. The largest absolute Gasteiger partial charge is 0.453 e. The highest BCUT2D eigenvalue weighted by molar-refractivity contribution is 7.99. The molecule has 0 amide bonds. The van der Waals surface area contributed by atoms with Crippen LogP contribution in [0, 0.1) is 13.8 Å². The number of aliphatic imine (C=N–C) groups is 1. The van der Waals surface area contributed by atoms with Gasteiger partial charge in [0.2, 0.25) is 0 Å². The molecule has 27 heavy (non-hydrogen) atoms. The van der Waals surface area contributed by atoms with E-state index < -0.39 is 5.92 Å². The van der Waals surface area contributed by atoms with E-state index in [1.54, 1.807) is 0 Å². The van der Waals surface area contributed by atoms with Gasteiger partial charge in [-0.1, -0.05) is 0 Å². The number of amidine groups is 1. The SMILES string of the molecule is Cc1nc(Sc2ccc(C3C4=C(CNCC4=O)N=C(N)/C3=C\N)o2)[nH]c1C. The van der Waals surface area contributed by atoms with Gasteiger partial charge in [0.25, 0.3) is 0 Å². The van der Waals surface area contributed by atoms with E-state index in [2.05, 4.69) is 20.3 Å². The van der Waals surface area contributed by atoms with Crippen LogP contribution in [0.5, 0.6) is 0 Å². The Hall–Kier alpha value is -2.78. The van der Waals surface area contributed by atoms with Gasteiger partial charge in [-0.05, 0) is 37.7 Å². The minimum atomic E-state index is -0.452. The Labute approximate surface area is 160 Å². The molecule has 1 unspecified atom stereocenters. The van der Waals surface area contributed by atoms with Crippen LogP contribution in [0.4, 0.5) is 0 Å². The van der Waals surface area contributed by atoms with Gasteiger partial charge in [0.1, 0.15) is 11.6 Å². The molecule has 0 aliphatic carbocycles. The van der Waals surface area contributed by atoms with Crippen LogP contribution in [0.2, 0.25) is 0 Å². The van der Waals surface area contributed by atoms with Gasteiger partial charge in [-0.2, -0.15) is 0 Å². The van der Waals surface area contributed by atoms with Gasteiger partial charge >= 0.3 is 0 Å². The average Bonchev–Trinajstić information content (AvgIpc) is 3.20. The van der Waals surface area contributed by atoms with Gasteiger partial charge in [0, 0.05) is 29.6 Å². The molecule has 4 rings (SSSR count). The predicted octanol–water partition coefficient (Wildman–Crippen LogP) is 1.49. The normalized spacial score (nSPS) is 21.6. The third-order valence-electron chi connectivity index (χ3n) is 4.71. The molecule has 8 nitrogen and oxygen atoms in total. The van der Waals surface area contributed by atoms with Gasteiger partial charge in [-0.15, -0.1) is 0 Å². The number of carbonyl (C=O) groups excluding carboxylic acids is 1. The molecule has 0 aromatic carbocycles. The van der Waals surface area contributed by atoms with E-state index in [0.717, 1.165) is 16.5 Å². The molecule has 2 aliphatic rings. The van der Waals surface area contributed by atoms with Crippen molar-refractivity contribution in [1.29, 1.82) is 0 Å². The lowest BCUT2D eigenvalue weighted by molar-refractivity contribution is -0.115. The molecule has 1 atom stereocenters. The fourth-order valence-electron chi connectivity index (χ4n) is 3.27. The van der Waals surface area contributed by atoms with Gasteiger partial charge in [0.05, 0.1) is 23.9 Å². The lowest BCUT2D eigenvalue weighted by Crippen LogP contribution is -2.39. The van der Waals surface area contributed by atoms with E-state index >= 15 is 0 Å². The van der Waals surface area contributed by atoms with Gasteiger partial charge < -0.3 is 26.2 Å². The van der Waals surface area contributed by atoms with Crippen LogP contribution in [0.3, 0.4) is 0 Å². The standard InChI is InChI=1S/C18H20N6O2S/c1-8-9(2)23-18(22-8)27-14-4-3-13(26-14)15-10(5-19)17(20)24-11-6-21-7-12(25)16(11)15/h3-5,15,21H,6-7,19H2,1-2H3,(H2,20,24)(H,22,23)/b10-5-. The van der Waals surface area contributed by atoms with Crippen LogP contribution in [0.15, 0.2) is 54.8 Å². The first-order valence-electron chi connectivity index (χ1n) is 8.52. The number of hydrogen-bond donors (Lipinski definition) is 4. The van der Waals surface area contributed by atoms with Crippen molar-refractivity contribution >= 4 is 23.4 Å². The molecule has 6 N–H and O–H groups in total. The molecule has 2 aliphatic heterocycles. The number of furan rings is 1. The first-order chi connectivity index (χ1) is 13.0. The van der Waals surface area contributed by atoms with Crippen molar-refractivity contribution in [3.8, 4) is 0 Å². The number of rotatable bonds is 3. The van der Waals surface area contributed by atoms with E-state index in [1.165, 1.54) is 18.0 Å². The third kappa shape index (κ3) is 3.08. The Balaban J connectivity index is 1.71. The van der Waals surface area contributed by atoms with Crippen molar-refractivity contribution in [1.82, 2.24) is 15.3 Å². The molecule has 140 valence electrons. The van der Waals surface area contributed by atoms with E-state index in [9.17, 15) is 4.79 Å². The maximum absolute atomic E-state index is 12.6. The monoisotopic (exact) mass is 384 g/mol. The van der Waals surface area contributed by atoms with Crippen molar-refractivity contribution in [2.75, 3.05) is 13.1 Å². The second-order valence-corrected chi connectivity index (χ2v) is 7.44. The van der Waals surface area contributed by atoms with E-state index in [1.807, 2.05) is 26.0 Å². The smallest absolute Gasteiger partial charge is 0.175 e. The molecular weight excluding hydrogens is 364 g/mol. The molecule has 2 aromatic heterocycles. The van der Waals surface area contributed by atoms with Gasteiger partial charge in [-0.25, -0.2) is 9.98 Å². The Kier molecular flexibility index (Phi) is 4.40. The van der Waals surface area contributed by atoms with Crippen LogP contribution >= 0.6 is 11.8 Å². The molecular formula is C18H20N6O2S.